The maximum atomic E-state index is 12.5. The van der Waals surface area contributed by atoms with Crippen molar-refractivity contribution in [2.24, 2.45) is 0 Å². The predicted molar refractivity (Wildman–Crippen MR) is 111 cm³/mol. The maximum Gasteiger partial charge on any atom is 0.321 e. The highest BCUT2D eigenvalue weighted by molar-refractivity contribution is 5.90. The molecule has 1 N–H and O–H groups in total. The Hall–Kier alpha value is -3.13. The van der Waals surface area contributed by atoms with E-state index in [1.165, 1.54) is 0 Å². The van der Waals surface area contributed by atoms with Gasteiger partial charge in [-0.2, -0.15) is 0 Å². The van der Waals surface area contributed by atoms with Gasteiger partial charge >= 0.3 is 6.03 Å². The summed E-state index contributed by atoms with van der Waals surface area (Å²) in [5, 5.41) is 3.81. The summed E-state index contributed by atoms with van der Waals surface area (Å²) in [5.74, 6) is 0.776. The van der Waals surface area contributed by atoms with Crippen LogP contribution in [0.5, 0.6) is 0 Å². The fourth-order valence-corrected chi connectivity index (χ4v) is 3.48. The summed E-state index contributed by atoms with van der Waals surface area (Å²) in [4.78, 5) is 32.1. The van der Waals surface area contributed by atoms with E-state index in [4.69, 9.17) is 4.74 Å². The Labute approximate surface area is 169 Å². The van der Waals surface area contributed by atoms with Crippen molar-refractivity contribution in [3.8, 4) is 11.1 Å². The number of pyridine rings is 2. The van der Waals surface area contributed by atoms with Gasteiger partial charge in [-0.1, -0.05) is 6.92 Å². The fourth-order valence-electron chi connectivity index (χ4n) is 3.48. The van der Waals surface area contributed by atoms with Crippen molar-refractivity contribution in [3.63, 3.8) is 0 Å². The Bertz CT molecular complexity index is 1050. The first-order valence-corrected chi connectivity index (χ1v) is 9.74. The molecule has 8 heteroatoms. The monoisotopic (exact) mass is 392 g/mol. The van der Waals surface area contributed by atoms with Gasteiger partial charge in [0.25, 0.3) is 0 Å². The first kappa shape index (κ1) is 19.2. The van der Waals surface area contributed by atoms with Crippen LogP contribution in [0.4, 0.5) is 10.5 Å². The largest absolute Gasteiger partial charge is 0.380 e. The molecule has 0 bridgehead atoms. The number of aromatic nitrogens is 4. The molecule has 29 heavy (non-hydrogen) atoms. The number of anilines is 1. The highest BCUT2D eigenvalue weighted by Crippen LogP contribution is 2.27. The molecule has 2 amide bonds. The van der Waals surface area contributed by atoms with Crippen LogP contribution < -0.4 is 5.32 Å². The van der Waals surface area contributed by atoms with Crippen LogP contribution in [0.25, 0.3) is 22.2 Å². The minimum atomic E-state index is -0.140. The van der Waals surface area contributed by atoms with Gasteiger partial charge in [-0.3, -0.25) is 4.98 Å². The van der Waals surface area contributed by atoms with E-state index in [0.717, 1.165) is 40.9 Å². The third kappa shape index (κ3) is 4.02. The van der Waals surface area contributed by atoms with Gasteiger partial charge in [0.05, 0.1) is 18.0 Å². The number of ether oxygens (including phenoxy) is 1. The van der Waals surface area contributed by atoms with E-state index in [9.17, 15) is 4.79 Å². The first-order chi connectivity index (χ1) is 14.1. The molecule has 3 aromatic heterocycles. The van der Waals surface area contributed by atoms with Crippen LogP contribution in [0.1, 0.15) is 24.9 Å². The quantitative estimate of drug-likeness (QED) is 0.733. The summed E-state index contributed by atoms with van der Waals surface area (Å²) in [6, 6.07) is 3.79. The second-order valence-corrected chi connectivity index (χ2v) is 7.16. The molecule has 4 heterocycles. The van der Waals surface area contributed by atoms with E-state index in [2.05, 4.69) is 25.3 Å². The minimum absolute atomic E-state index is 0.103. The number of likely N-dealkylation sites (tertiary alicyclic amines) is 1. The average molecular weight is 392 g/mol. The molecule has 0 radical (unpaired) electrons. The highest BCUT2D eigenvalue weighted by atomic mass is 16.5. The lowest BCUT2D eigenvalue weighted by Crippen LogP contribution is -2.33. The van der Waals surface area contributed by atoms with Crippen molar-refractivity contribution in [1.82, 2.24) is 24.8 Å². The van der Waals surface area contributed by atoms with Gasteiger partial charge < -0.3 is 15.0 Å². The number of urea groups is 1. The lowest BCUT2D eigenvalue weighted by atomic mass is 10.1. The molecule has 150 valence electrons. The number of aryl methyl sites for hydroxylation is 2. The number of nitrogens with zero attached hydrogens (tertiary/aromatic N) is 5. The SMILES string of the molecule is CCc1ncc2cc(-c3cc(NC(=O)N4CC[C@H](OC)C4)cnc3C)cnc2n1. The fraction of sp³-hybridized carbons (Fsp3) is 0.381. The molecular formula is C21H24N6O2. The number of carbonyl (C=O) groups excluding carboxylic acids is 1. The van der Waals surface area contributed by atoms with Gasteiger partial charge in [-0.15, -0.1) is 0 Å². The molecule has 8 nitrogen and oxygen atoms in total. The van der Waals surface area contributed by atoms with Gasteiger partial charge in [0, 0.05) is 61.2 Å². The topological polar surface area (TPSA) is 93.1 Å². The number of methoxy groups -OCH3 is 1. The van der Waals surface area contributed by atoms with Crippen molar-refractivity contribution in [2.75, 3.05) is 25.5 Å². The van der Waals surface area contributed by atoms with Gasteiger partial charge in [-0.25, -0.2) is 19.7 Å². The minimum Gasteiger partial charge on any atom is -0.380 e. The molecule has 0 unspecified atom stereocenters. The van der Waals surface area contributed by atoms with E-state index < -0.39 is 0 Å². The maximum absolute atomic E-state index is 12.5. The van der Waals surface area contributed by atoms with Crippen LogP contribution in [0.3, 0.4) is 0 Å². The van der Waals surface area contributed by atoms with Crippen molar-refractivity contribution >= 4 is 22.8 Å². The summed E-state index contributed by atoms with van der Waals surface area (Å²) in [6.07, 6.45) is 6.98. The lowest BCUT2D eigenvalue weighted by Gasteiger charge is -2.17. The Kier molecular flexibility index (Phi) is 5.35. The molecule has 4 rings (SSSR count). The molecule has 1 aliphatic heterocycles. The Morgan fingerprint density at radius 3 is 2.86 bits per heavy atom. The number of amides is 2. The Morgan fingerprint density at radius 1 is 1.24 bits per heavy atom. The second-order valence-electron chi connectivity index (χ2n) is 7.16. The van der Waals surface area contributed by atoms with E-state index in [0.29, 0.717) is 24.4 Å². The number of rotatable bonds is 4. The molecule has 1 fully saturated rings. The zero-order valence-corrected chi connectivity index (χ0v) is 16.8. The van der Waals surface area contributed by atoms with Gasteiger partial charge in [-0.05, 0) is 25.5 Å². The number of carbonyl (C=O) groups is 1. The van der Waals surface area contributed by atoms with E-state index in [1.807, 2.05) is 26.0 Å². The number of hydrogen-bond acceptors (Lipinski definition) is 6. The molecular weight excluding hydrogens is 368 g/mol. The van der Waals surface area contributed by atoms with Crippen LogP contribution in [0.15, 0.2) is 30.7 Å². The summed E-state index contributed by atoms with van der Waals surface area (Å²) >= 11 is 0. The normalized spacial score (nSPS) is 16.4. The predicted octanol–water partition coefficient (Wildman–Crippen LogP) is 3.21. The summed E-state index contributed by atoms with van der Waals surface area (Å²) in [7, 11) is 1.67. The Morgan fingerprint density at radius 2 is 2.10 bits per heavy atom. The lowest BCUT2D eigenvalue weighted by molar-refractivity contribution is 0.111. The highest BCUT2D eigenvalue weighted by Gasteiger charge is 2.26. The molecule has 0 aromatic carbocycles. The zero-order valence-electron chi connectivity index (χ0n) is 16.8. The Balaban J connectivity index is 1.58. The first-order valence-electron chi connectivity index (χ1n) is 9.74. The molecule has 0 saturated carbocycles. The summed E-state index contributed by atoms with van der Waals surface area (Å²) < 4.78 is 5.33. The van der Waals surface area contributed by atoms with Crippen LogP contribution in [0.2, 0.25) is 0 Å². The van der Waals surface area contributed by atoms with Crippen molar-refractivity contribution in [3.05, 3.63) is 42.2 Å². The molecule has 1 aliphatic rings. The van der Waals surface area contributed by atoms with Crippen LogP contribution in [-0.4, -0.2) is 57.2 Å². The van der Waals surface area contributed by atoms with Gasteiger partial charge in [0.1, 0.15) is 5.82 Å². The second kappa shape index (κ2) is 8.08. The van der Waals surface area contributed by atoms with Gasteiger partial charge in [0.15, 0.2) is 5.65 Å². The van der Waals surface area contributed by atoms with Crippen LogP contribution >= 0.6 is 0 Å². The molecule has 1 saturated heterocycles. The van der Waals surface area contributed by atoms with E-state index in [1.54, 1.807) is 30.6 Å². The standard InChI is InChI=1S/C21H24N6O2/c1-4-19-23-10-15-7-14(9-24-20(15)26-19)18-8-16(11-22-13(18)2)25-21(28)27-6-5-17(12-27)29-3/h7-11,17H,4-6,12H2,1-3H3,(H,25,28)/t17-/m0/s1. The van der Waals surface area contributed by atoms with E-state index >= 15 is 0 Å². The van der Waals surface area contributed by atoms with Crippen LogP contribution in [0, 0.1) is 6.92 Å². The van der Waals surface area contributed by atoms with Crippen molar-refractivity contribution in [2.45, 2.75) is 32.8 Å². The molecule has 1 atom stereocenters. The molecule has 0 aliphatic carbocycles. The van der Waals surface area contributed by atoms with Gasteiger partial charge in [0.2, 0.25) is 0 Å². The van der Waals surface area contributed by atoms with Crippen LogP contribution in [-0.2, 0) is 11.2 Å². The number of fused-ring (bicyclic) bond motifs is 1. The third-order valence-corrected chi connectivity index (χ3v) is 5.21. The smallest absolute Gasteiger partial charge is 0.321 e. The summed E-state index contributed by atoms with van der Waals surface area (Å²) in [5.41, 5.74) is 4.00. The van der Waals surface area contributed by atoms with Crippen molar-refractivity contribution < 1.29 is 9.53 Å². The molecule has 0 spiro atoms. The third-order valence-electron chi connectivity index (χ3n) is 5.21. The molecule has 3 aromatic rings. The van der Waals surface area contributed by atoms with Crippen molar-refractivity contribution in [1.29, 1.82) is 0 Å². The number of hydrogen-bond donors (Lipinski definition) is 1. The van der Waals surface area contributed by atoms with E-state index in [-0.39, 0.29) is 12.1 Å². The average Bonchev–Trinajstić information content (AvgIpc) is 3.24. The zero-order chi connectivity index (χ0) is 20.4. The number of nitrogens with one attached hydrogen (secondary N) is 1. The summed E-state index contributed by atoms with van der Waals surface area (Å²) in [6.45, 7) is 5.24.